The molecular formula is C21H30N6O. The van der Waals surface area contributed by atoms with Gasteiger partial charge in [0.25, 0.3) is 5.56 Å². The van der Waals surface area contributed by atoms with Crippen molar-refractivity contribution in [3.8, 4) is 0 Å². The van der Waals surface area contributed by atoms with E-state index in [4.69, 9.17) is 16.1 Å². The smallest absolute Gasteiger partial charge is 0.261 e. The number of hydrogen-bond acceptors (Lipinski definition) is 6. The maximum absolute atomic E-state index is 13.4. The summed E-state index contributed by atoms with van der Waals surface area (Å²) in [6.07, 6.45) is 7.66. The second kappa shape index (κ2) is 8.41. The van der Waals surface area contributed by atoms with Crippen molar-refractivity contribution >= 4 is 17.5 Å². The summed E-state index contributed by atoms with van der Waals surface area (Å²) in [5.74, 6) is 0. The molecule has 0 atom stereocenters. The van der Waals surface area contributed by atoms with Crippen LogP contribution in [0.25, 0.3) is 5.65 Å². The fourth-order valence-corrected chi connectivity index (χ4v) is 4.49. The fourth-order valence-electron chi connectivity index (χ4n) is 4.49. The molecule has 4 rings (SSSR count). The highest BCUT2D eigenvalue weighted by Gasteiger charge is 2.19. The molecule has 28 heavy (non-hydrogen) atoms. The largest absolute Gasteiger partial charge is 0.397 e. The van der Waals surface area contributed by atoms with Crippen LogP contribution in [0.3, 0.4) is 0 Å². The number of anilines is 1. The minimum Gasteiger partial charge on any atom is -0.397 e. The van der Waals surface area contributed by atoms with Gasteiger partial charge in [0.15, 0.2) is 0 Å². The van der Waals surface area contributed by atoms with Crippen molar-refractivity contribution in [1.82, 2.24) is 19.2 Å². The Labute approximate surface area is 165 Å². The second-order valence-corrected chi connectivity index (χ2v) is 7.95. The lowest BCUT2D eigenvalue weighted by Gasteiger charge is -2.19. The molecule has 0 spiro atoms. The van der Waals surface area contributed by atoms with Gasteiger partial charge in [-0.05, 0) is 70.4 Å². The van der Waals surface area contributed by atoms with E-state index in [9.17, 15) is 4.79 Å². The Kier molecular flexibility index (Phi) is 5.73. The van der Waals surface area contributed by atoms with Crippen molar-refractivity contribution in [3.63, 3.8) is 0 Å². The first kappa shape index (κ1) is 19.1. The average Bonchev–Trinajstić information content (AvgIpc) is 3.40. The maximum atomic E-state index is 13.4. The molecule has 7 heteroatoms. The molecule has 150 valence electrons. The Bertz CT molecular complexity index is 909. The summed E-state index contributed by atoms with van der Waals surface area (Å²) in [4.78, 5) is 23.1. The predicted octanol–water partition coefficient (Wildman–Crippen LogP) is 1.55. The van der Waals surface area contributed by atoms with Crippen molar-refractivity contribution in [2.24, 2.45) is 0 Å². The van der Waals surface area contributed by atoms with E-state index < -0.39 is 0 Å². The van der Waals surface area contributed by atoms with Crippen molar-refractivity contribution < 1.29 is 0 Å². The Balaban J connectivity index is 1.70. The zero-order valence-corrected chi connectivity index (χ0v) is 16.5. The summed E-state index contributed by atoms with van der Waals surface area (Å²) in [6.45, 7) is 6.36. The number of nitrogens with two attached hydrogens (primary N) is 1. The normalized spacial score (nSPS) is 18.3. The first-order chi connectivity index (χ1) is 13.7. The third-order valence-corrected chi connectivity index (χ3v) is 6.11. The molecule has 0 unspecified atom stereocenters. The highest BCUT2D eigenvalue weighted by molar-refractivity contribution is 5.83. The number of nitrogens with one attached hydrogen (secondary N) is 1. The molecule has 0 aliphatic carbocycles. The van der Waals surface area contributed by atoms with E-state index in [-0.39, 0.29) is 5.56 Å². The summed E-state index contributed by atoms with van der Waals surface area (Å²) in [7, 11) is 0. The molecule has 2 saturated heterocycles. The van der Waals surface area contributed by atoms with Gasteiger partial charge in [-0.15, -0.1) is 0 Å². The van der Waals surface area contributed by atoms with E-state index >= 15 is 0 Å². The molecule has 2 aliphatic rings. The number of rotatable bonds is 7. The van der Waals surface area contributed by atoms with Crippen LogP contribution in [0.15, 0.2) is 16.9 Å². The minimum absolute atomic E-state index is 0.0635. The van der Waals surface area contributed by atoms with Gasteiger partial charge in [0.2, 0.25) is 0 Å². The summed E-state index contributed by atoms with van der Waals surface area (Å²) in [6, 6.07) is 3.52. The number of likely N-dealkylation sites (tertiary alicyclic amines) is 2. The third kappa shape index (κ3) is 3.82. The lowest BCUT2D eigenvalue weighted by molar-refractivity contribution is 0.336. The van der Waals surface area contributed by atoms with Crippen molar-refractivity contribution in [3.05, 3.63) is 39.4 Å². The first-order valence-corrected chi connectivity index (χ1v) is 10.5. The van der Waals surface area contributed by atoms with Crippen molar-refractivity contribution in [1.29, 1.82) is 5.41 Å². The van der Waals surface area contributed by atoms with E-state index in [1.807, 2.05) is 0 Å². The number of fused-ring (bicyclic) bond motifs is 1. The summed E-state index contributed by atoms with van der Waals surface area (Å²) < 4.78 is 1.51. The van der Waals surface area contributed by atoms with Crippen LogP contribution in [0.2, 0.25) is 0 Å². The topological polar surface area (TPSA) is 90.7 Å². The van der Waals surface area contributed by atoms with E-state index in [1.54, 1.807) is 12.1 Å². The fraction of sp³-hybridized carbons (Fsp3) is 0.571. The number of pyridine rings is 1. The molecule has 0 radical (unpaired) electrons. The molecular weight excluding hydrogens is 352 g/mol. The highest BCUT2D eigenvalue weighted by atomic mass is 16.1. The van der Waals surface area contributed by atoms with Gasteiger partial charge in [-0.1, -0.05) is 0 Å². The maximum Gasteiger partial charge on any atom is 0.261 e. The van der Waals surface area contributed by atoms with Crippen LogP contribution >= 0.6 is 0 Å². The molecule has 0 bridgehead atoms. The number of nitrogens with zero attached hydrogens (tertiary/aromatic N) is 4. The van der Waals surface area contributed by atoms with E-state index in [2.05, 4.69) is 9.80 Å². The molecule has 0 saturated carbocycles. The van der Waals surface area contributed by atoms with Gasteiger partial charge in [-0.3, -0.25) is 9.20 Å². The van der Waals surface area contributed by atoms with E-state index in [1.165, 1.54) is 30.1 Å². The minimum atomic E-state index is -0.0635. The van der Waals surface area contributed by atoms with Crippen LogP contribution < -0.4 is 11.3 Å². The van der Waals surface area contributed by atoms with Gasteiger partial charge < -0.3 is 20.9 Å². The Hall–Kier alpha value is -2.25. The molecule has 7 nitrogen and oxygen atoms in total. The van der Waals surface area contributed by atoms with Gasteiger partial charge in [0.1, 0.15) is 5.65 Å². The Morgan fingerprint density at radius 1 is 1.00 bits per heavy atom. The summed E-state index contributed by atoms with van der Waals surface area (Å²) in [5, 5.41) is 7.71. The Morgan fingerprint density at radius 3 is 2.21 bits per heavy atom. The van der Waals surface area contributed by atoms with Crippen molar-refractivity contribution in [2.75, 3.05) is 45.0 Å². The molecule has 2 aromatic heterocycles. The molecule has 2 aromatic rings. The molecule has 0 aromatic carbocycles. The van der Waals surface area contributed by atoms with Crippen LogP contribution in [-0.2, 0) is 12.8 Å². The molecule has 0 amide bonds. The van der Waals surface area contributed by atoms with E-state index in [0.717, 1.165) is 63.2 Å². The molecule has 2 aliphatic heterocycles. The average molecular weight is 383 g/mol. The molecule has 2 fully saturated rings. The molecule has 4 heterocycles. The monoisotopic (exact) mass is 382 g/mol. The van der Waals surface area contributed by atoms with Gasteiger partial charge in [0.05, 0.1) is 17.1 Å². The second-order valence-electron chi connectivity index (χ2n) is 7.95. The summed E-state index contributed by atoms with van der Waals surface area (Å²) in [5.41, 5.74) is 9.09. The highest BCUT2D eigenvalue weighted by Crippen LogP contribution is 2.16. The van der Waals surface area contributed by atoms with Gasteiger partial charge in [0, 0.05) is 31.3 Å². The van der Waals surface area contributed by atoms with Gasteiger partial charge >= 0.3 is 0 Å². The van der Waals surface area contributed by atoms with Crippen LogP contribution in [0.1, 0.15) is 42.6 Å². The zero-order chi connectivity index (χ0) is 19.5. The van der Waals surface area contributed by atoms with Crippen LogP contribution in [0, 0.1) is 5.41 Å². The summed E-state index contributed by atoms with van der Waals surface area (Å²) >= 11 is 0. The standard InChI is InChI=1S/C21H30N6O/c22-15-19-17(23)5-6-20-24-18(8-14-26-11-3-4-12-26)16(21(28)27(19)20)7-13-25-9-1-2-10-25/h5-6,15,22H,1-4,7-14,23H2. The SMILES string of the molecule is N=Cc1c(N)ccc2nc(CCN3CCCC3)c(CCN3CCCC3)c(=O)n12. The van der Waals surface area contributed by atoms with Crippen LogP contribution in [0.4, 0.5) is 5.69 Å². The van der Waals surface area contributed by atoms with E-state index in [0.29, 0.717) is 23.4 Å². The van der Waals surface area contributed by atoms with Gasteiger partial charge in [-0.2, -0.15) is 0 Å². The third-order valence-electron chi connectivity index (χ3n) is 6.11. The predicted molar refractivity (Wildman–Crippen MR) is 113 cm³/mol. The quantitative estimate of drug-likeness (QED) is 0.709. The van der Waals surface area contributed by atoms with Crippen molar-refractivity contribution in [2.45, 2.75) is 38.5 Å². The first-order valence-electron chi connectivity index (χ1n) is 10.5. The number of nitrogen functional groups attached to an aromatic ring is 1. The number of aromatic nitrogens is 2. The lowest BCUT2D eigenvalue weighted by Crippen LogP contribution is -2.31. The van der Waals surface area contributed by atoms with Gasteiger partial charge in [-0.25, -0.2) is 4.98 Å². The Morgan fingerprint density at radius 2 is 1.61 bits per heavy atom. The lowest BCUT2D eigenvalue weighted by atomic mass is 10.1. The molecule has 3 N–H and O–H groups in total. The number of hydrogen-bond donors (Lipinski definition) is 2. The zero-order valence-electron chi connectivity index (χ0n) is 16.5. The van der Waals surface area contributed by atoms with Crippen LogP contribution in [0.5, 0.6) is 0 Å². The van der Waals surface area contributed by atoms with Crippen LogP contribution in [-0.4, -0.2) is 64.7 Å².